The molecule has 0 spiro atoms. The minimum Gasteiger partial charge on any atom is -0.358 e. The lowest BCUT2D eigenvalue weighted by Gasteiger charge is -2.21. The van der Waals surface area contributed by atoms with Gasteiger partial charge in [-0.25, -0.2) is 4.68 Å². The third-order valence-electron chi connectivity index (χ3n) is 3.98. The van der Waals surface area contributed by atoms with Gasteiger partial charge in [0.25, 0.3) is 5.91 Å². The van der Waals surface area contributed by atoms with Crippen LogP contribution in [0, 0.1) is 12.3 Å². The quantitative estimate of drug-likeness (QED) is 0.712. The molecule has 0 aliphatic rings. The summed E-state index contributed by atoms with van der Waals surface area (Å²) in [5, 5.41) is 6.89. The van der Waals surface area contributed by atoms with Gasteiger partial charge in [0.05, 0.1) is 5.69 Å². The normalized spacial score (nSPS) is 10.1. The van der Waals surface area contributed by atoms with Gasteiger partial charge < -0.3 is 5.32 Å². The van der Waals surface area contributed by atoms with Gasteiger partial charge in [-0.1, -0.05) is 30.2 Å². The van der Waals surface area contributed by atoms with E-state index in [1.54, 1.807) is 41.2 Å². The Morgan fingerprint density at radius 1 is 1.15 bits per heavy atom. The van der Waals surface area contributed by atoms with E-state index in [0.717, 1.165) is 5.69 Å². The maximum Gasteiger partial charge on any atom is 0.279 e. The average Bonchev–Trinajstić information content (AvgIpc) is 3.22. The Balaban J connectivity index is 1.94. The van der Waals surface area contributed by atoms with Crippen LogP contribution in [0.15, 0.2) is 66.9 Å². The van der Waals surface area contributed by atoms with Crippen molar-refractivity contribution in [1.29, 1.82) is 0 Å². The maximum atomic E-state index is 13.1. The predicted molar refractivity (Wildman–Crippen MR) is 104 cm³/mol. The molecule has 1 heterocycles. The molecule has 3 rings (SSSR count). The molecule has 0 aliphatic heterocycles. The number of hydrogen-bond donors (Lipinski definition) is 1. The smallest absolute Gasteiger partial charge is 0.279 e. The molecule has 2 amide bonds. The van der Waals surface area contributed by atoms with E-state index in [9.17, 15) is 9.59 Å². The van der Waals surface area contributed by atoms with E-state index in [0.29, 0.717) is 11.3 Å². The molecule has 6 nitrogen and oxygen atoms in total. The van der Waals surface area contributed by atoms with Crippen molar-refractivity contribution in [3.05, 3.63) is 78.1 Å². The van der Waals surface area contributed by atoms with Crippen molar-refractivity contribution in [2.24, 2.45) is 0 Å². The van der Waals surface area contributed by atoms with Crippen LogP contribution < -0.4 is 10.2 Å². The highest BCUT2D eigenvalue weighted by Crippen LogP contribution is 2.19. The predicted octanol–water partition coefficient (Wildman–Crippen LogP) is 2.25. The van der Waals surface area contributed by atoms with E-state index in [1.165, 1.54) is 11.9 Å². The van der Waals surface area contributed by atoms with Crippen molar-refractivity contribution in [3.8, 4) is 18.0 Å². The first-order chi connectivity index (χ1) is 13.1. The standard InChI is InChI=1S/C21H18N4O2/c1-3-16-8-7-11-18(14-16)24(15-20(26)22-2)21(27)19-12-13-25(23-19)17-9-5-4-6-10-17/h1,4-14H,15H2,2H3,(H,22,26). The lowest BCUT2D eigenvalue weighted by atomic mass is 10.2. The highest BCUT2D eigenvalue weighted by Gasteiger charge is 2.22. The highest BCUT2D eigenvalue weighted by molar-refractivity contribution is 6.07. The van der Waals surface area contributed by atoms with Crippen LogP contribution in [-0.2, 0) is 4.79 Å². The van der Waals surface area contributed by atoms with Gasteiger partial charge >= 0.3 is 0 Å². The summed E-state index contributed by atoms with van der Waals surface area (Å²) in [4.78, 5) is 26.4. The largest absolute Gasteiger partial charge is 0.358 e. The molecule has 134 valence electrons. The molecule has 0 bridgehead atoms. The Labute approximate surface area is 157 Å². The Hall–Kier alpha value is -3.85. The number of nitrogens with zero attached hydrogens (tertiary/aromatic N) is 3. The zero-order valence-corrected chi connectivity index (χ0v) is 14.8. The van der Waals surface area contributed by atoms with E-state index in [1.807, 2.05) is 30.3 Å². The van der Waals surface area contributed by atoms with Gasteiger partial charge in [-0.3, -0.25) is 14.5 Å². The van der Waals surface area contributed by atoms with Crippen LogP contribution in [0.2, 0.25) is 0 Å². The number of para-hydroxylation sites is 1. The summed E-state index contributed by atoms with van der Waals surface area (Å²) >= 11 is 0. The topological polar surface area (TPSA) is 67.2 Å². The minimum absolute atomic E-state index is 0.137. The van der Waals surface area contributed by atoms with E-state index >= 15 is 0 Å². The van der Waals surface area contributed by atoms with Crippen LogP contribution in [0.1, 0.15) is 16.1 Å². The Morgan fingerprint density at radius 3 is 2.63 bits per heavy atom. The summed E-state index contributed by atoms with van der Waals surface area (Å²) in [6.45, 7) is -0.137. The molecule has 0 radical (unpaired) electrons. The Bertz CT molecular complexity index is 1000. The van der Waals surface area contributed by atoms with Gasteiger partial charge in [-0.2, -0.15) is 5.10 Å². The molecule has 0 fully saturated rings. The lowest BCUT2D eigenvalue weighted by molar-refractivity contribution is -0.119. The molecule has 0 aliphatic carbocycles. The molecule has 0 atom stereocenters. The number of rotatable bonds is 5. The lowest BCUT2D eigenvalue weighted by Crippen LogP contribution is -2.40. The van der Waals surface area contributed by atoms with E-state index < -0.39 is 0 Å². The molecule has 2 aromatic carbocycles. The molecule has 3 aromatic rings. The first kappa shape index (κ1) is 18.0. The zero-order chi connectivity index (χ0) is 19.2. The van der Waals surface area contributed by atoms with Crippen molar-refractivity contribution in [3.63, 3.8) is 0 Å². The van der Waals surface area contributed by atoms with Crippen LogP contribution in [-0.4, -0.2) is 35.2 Å². The average molecular weight is 358 g/mol. The number of hydrogen-bond acceptors (Lipinski definition) is 3. The van der Waals surface area contributed by atoms with Gasteiger partial charge in [0.15, 0.2) is 5.69 Å². The van der Waals surface area contributed by atoms with Crippen molar-refractivity contribution in [2.75, 3.05) is 18.5 Å². The molecule has 1 N–H and O–H groups in total. The number of nitrogens with one attached hydrogen (secondary N) is 1. The number of aromatic nitrogens is 2. The summed E-state index contributed by atoms with van der Waals surface area (Å²) in [6, 6.07) is 18.0. The van der Waals surface area contributed by atoms with Gasteiger partial charge in [0.1, 0.15) is 6.54 Å². The molecular formula is C21H18N4O2. The molecule has 0 saturated carbocycles. The van der Waals surface area contributed by atoms with E-state index in [-0.39, 0.29) is 24.1 Å². The highest BCUT2D eigenvalue weighted by atomic mass is 16.2. The van der Waals surface area contributed by atoms with Crippen molar-refractivity contribution < 1.29 is 9.59 Å². The number of carbonyl (C=O) groups is 2. The van der Waals surface area contributed by atoms with Gasteiger partial charge in [0, 0.05) is 24.5 Å². The van der Waals surface area contributed by atoms with Gasteiger partial charge in [-0.05, 0) is 36.4 Å². The van der Waals surface area contributed by atoms with E-state index in [4.69, 9.17) is 6.42 Å². The summed E-state index contributed by atoms with van der Waals surface area (Å²) in [5.74, 6) is 1.85. The fourth-order valence-corrected chi connectivity index (χ4v) is 2.57. The summed E-state index contributed by atoms with van der Waals surface area (Å²) < 4.78 is 1.61. The first-order valence-corrected chi connectivity index (χ1v) is 8.32. The minimum atomic E-state index is -0.387. The molecule has 27 heavy (non-hydrogen) atoms. The van der Waals surface area contributed by atoms with E-state index in [2.05, 4.69) is 16.3 Å². The van der Waals surface area contributed by atoms with Crippen LogP contribution in [0.25, 0.3) is 5.69 Å². The third kappa shape index (κ3) is 4.05. The summed E-state index contributed by atoms with van der Waals surface area (Å²) in [5.41, 5.74) is 2.22. The number of terminal acetylenes is 1. The summed E-state index contributed by atoms with van der Waals surface area (Å²) in [7, 11) is 1.52. The van der Waals surface area contributed by atoms with Crippen LogP contribution in [0.4, 0.5) is 5.69 Å². The van der Waals surface area contributed by atoms with Crippen molar-refractivity contribution in [1.82, 2.24) is 15.1 Å². The molecule has 0 saturated heterocycles. The van der Waals surface area contributed by atoms with Crippen LogP contribution >= 0.6 is 0 Å². The number of benzene rings is 2. The van der Waals surface area contributed by atoms with Gasteiger partial charge in [-0.15, -0.1) is 6.42 Å². The number of carbonyl (C=O) groups excluding carboxylic acids is 2. The molecular weight excluding hydrogens is 340 g/mol. The molecule has 1 aromatic heterocycles. The van der Waals surface area contributed by atoms with Gasteiger partial charge in [0.2, 0.25) is 5.91 Å². The number of anilines is 1. The summed E-state index contributed by atoms with van der Waals surface area (Å²) in [6.07, 6.45) is 7.16. The molecule has 6 heteroatoms. The van der Waals surface area contributed by atoms with Crippen LogP contribution in [0.3, 0.4) is 0 Å². The van der Waals surface area contributed by atoms with Crippen molar-refractivity contribution in [2.45, 2.75) is 0 Å². The second-order valence-corrected chi connectivity index (χ2v) is 5.74. The SMILES string of the molecule is C#Cc1cccc(N(CC(=O)NC)C(=O)c2ccn(-c3ccccc3)n2)c1. The zero-order valence-electron chi connectivity index (χ0n) is 14.8. The second kappa shape index (κ2) is 8.02. The Morgan fingerprint density at radius 2 is 1.93 bits per heavy atom. The molecule has 0 unspecified atom stereocenters. The first-order valence-electron chi connectivity index (χ1n) is 8.32. The second-order valence-electron chi connectivity index (χ2n) is 5.74. The fraction of sp³-hybridized carbons (Fsp3) is 0.0952. The number of likely N-dealkylation sites (N-methyl/N-ethyl adjacent to an activating group) is 1. The maximum absolute atomic E-state index is 13.1. The fourth-order valence-electron chi connectivity index (χ4n) is 2.57. The third-order valence-corrected chi connectivity index (χ3v) is 3.98. The van der Waals surface area contributed by atoms with Crippen molar-refractivity contribution >= 4 is 17.5 Å². The monoisotopic (exact) mass is 358 g/mol. The Kier molecular flexibility index (Phi) is 5.33. The number of amides is 2. The van der Waals surface area contributed by atoms with Crippen LogP contribution in [0.5, 0.6) is 0 Å².